The average Bonchev–Trinajstić information content (AvgIpc) is 3.48. The van der Waals surface area contributed by atoms with Gasteiger partial charge < -0.3 is 64.9 Å². The lowest BCUT2D eigenvalue weighted by Gasteiger charge is -2.62. The van der Waals surface area contributed by atoms with Crippen molar-refractivity contribution in [3.05, 3.63) is 11.1 Å². The van der Waals surface area contributed by atoms with Gasteiger partial charge in [0.1, 0.15) is 48.8 Å². The number of hydrogen-bond donors (Lipinski definition) is 9. The number of carboxylic acids is 1. The lowest BCUT2D eigenvalue weighted by Crippen LogP contribution is -2.65. The van der Waals surface area contributed by atoms with Gasteiger partial charge in [-0.1, -0.05) is 66.5 Å². The van der Waals surface area contributed by atoms with E-state index in [1.165, 1.54) is 5.57 Å². The van der Waals surface area contributed by atoms with Crippen molar-refractivity contribution in [2.45, 2.75) is 200 Å². The maximum atomic E-state index is 13.8. The van der Waals surface area contributed by atoms with Gasteiger partial charge in [-0.25, -0.2) is 0 Å². The summed E-state index contributed by atoms with van der Waals surface area (Å²) in [5.74, 6) is -0.144. The first-order valence-electron chi connectivity index (χ1n) is 21.8. The van der Waals surface area contributed by atoms with E-state index in [9.17, 15) is 50.8 Å². The summed E-state index contributed by atoms with van der Waals surface area (Å²) in [4.78, 5) is 13.8. The molecule has 58 heavy (non-hydrogen) atoms. The predicted molar refractivity (Wildman–Crippen MR) is 211 cm³/mol. The minimum absolute atomic E-state index is 0.101. The molecule has 6 aliphatic rings. The number of rotatable bonds is 11. The maximum absolute atomic E-state index is 13.8. The number of fused-ring (bicyclic) bond motifs is 4. The number of aliphatic hydroxyl groups excluding tert-OH is 7. The Kier molecular flexibility index (Phi) is 12.9. The van der Waals surface area contributed by atoms with Crippen LogP contribution in [0.3, 0.4) is 0 Å². The number of hydrogen-bond acceptors (Lipinski definition) is 13. The molecule has 4 aliphatic carbocycles. The van der Waals surface area contributed by atoms with Gasteiger partial charge in [0.2, 0.25) is 0 Å². The molecule has 0 radical (unpaired) electrons. The van der Waals surface area contributed by atoms with E-state index in [2.05, 4.69) is 55.4 Å². The standard InChI is InChI=1S/C44H74O14/c1-22(12-18-43(9,54)39(2,3)4)23-14-19-44(38(52)53)25-10-11-28-40(5,6)29(15-16-41(28,7)24(25)13-17-42(23,44)8)57-37-34(51)35(31(48)27(21-46)56-37)58-36-33(50)32(49)30(47)26(20-45)55-36/h22-23,26-37,45-51,54H,10-21H2,1-9H3,(H,52,53). The van der Waals surface area contributed by atoms with Crippen molar-refractivity contribution in [3.63, 3.8) is 0 Å². The van der Waals surface area contributed by atoms with Crippen molar-refractivity contribution in [1.29, 1.82) is 0 Å². The van der Waals surface area contributed by atoms with Crippen LogP contribution in [0.15, 0.2) is 11.1 Å². The number of ether oxygens (including phenoxy) is 4. The molecule has 0 aromatic heterocycles. The number of carbonyl (C=O) groups is 1. The fraction of sp³-hybridized carbons (Fsp3) is 0.932. The zero-order valence-corrected chi connectivity index (χ0v) is 36.1. The predicted octanol–water partition coefficient (Wildman–Crippen LogP) is 3.02. The molecule has 18 unspecified atom stereocenters. The summed E-state index contributed by atoms with van der Waals surface area (Å²) in [7, 11) is 0. The molecule has 0 aromatic rings. The third-order valence-electron chi connectivity index (χ3n) is 17.2. The summed E-state index contributed by atoms with van der Waals surface area (Å²) in [6.45, 7) is 17.8. The molecule has 4 fully saturated rings. The van der Waals surface area contributed by atoms with Gasteiger partial charge in [-0.3, -0.25) is 4.79 Å². The van der Waals surface area contributed by atoms with Crippen LogP contribution < -0.4 is 0 Å². The summed E-state index contributed by atoms with van der Waals surface area (Å²) < 4.78 is 23.9. The molecule has 0 spiro atoms. The smallest absolute Gasteiger partial charge is 0.314 e. The Bertz CT molecular complexity index is 1520. The van der Waals surface area contributed by atoms with Crippen molar-refractivity contribution >= 4 is 5.97 Å². The van der Waals surface area contributed by atoms with E-state index in [0.717, 1.165) is 44.1 Å². The molecule has 2 heterocycles. The van der Waals surface area contributed by atoms with Crippen molar-refractivity contribution < 1.29 is 69.7 Å². The Hall–Kier alpha value is -1.27. The molecule has 0 aromatic carbocycles. The molecule has 2 saturated heterocycles. The molecular formula is C44H74O14. The van der Waals surface area contributed by atoms with Gasteiger partial charge in [-0.05, 0) is 111 Å². The van der Waals surface area contributed by atoms with Gasteiger partial charge in [-0.2, -0.15) is 0 Å². The van der Waals surface area contributed by atoms with Crippen molar-refractivity contribution in [1.82, 2.24) is 0 Å². The van der Waals surface area contributed by atoms with Gasteiger partial charge in [0.15, 0.2) is 12.6 Å². The second kappa shape index (κ2) is 16.1. The summed E-state index contributed by atoms with van der Waals surface area (Å²) >= 11 is 0. The highest BCUT2D eigenvalue weighted by atomic mass is 16.7. The lowest BCUT2D eigenvalue weighted by molar-refractivity contribution is -0.368. The average molecular weight is 827 g/mol. The summed E-state index contributed by atoms with van der Waals surface area (Å²) in [5, 5.41) is 96.2. The summed E-state index contributed by atoms with van der Waals surface area (Å²) in [5.41, 5.74) is -0.839. The van der Waals surface area contributed by atoms with Crippen LogP contribution in [0.2, 0.25) is 0 Å². The van der Waals surface area contributed by atoms with E-state index in [0.29, 0.717) is 25.7 Å². The van der Waals surface area contributed by atoms with Gasteiger partial charge in [-0.15, -0.1) is 0 Å². The van der Waals surface area contributed by atoms with Crippen LogP contribution in [0.25, 0.3) is 0 Å². The van der Waals surface area contributed by atoms with E-state index in [-0.39, 0.29) is 28.6 Å². The van der Waals surface area contributed by atoms with Crippen LogP contribution in [-0.2, 0) is 23.7 Å². The highest BCUT2D eigenvalue weighted by molar-refractivity contribution is 5.82. The molecule has 9 N–H and O–H groups in total. The van der Waals surface area contributed by atoms with Crippen LogP contribution in [0, 0.1) is 44.8 Å². The first kappa shape index (κ1) is 46.2. The second-order valence-electron chi connectivity index (χ2n) is 21.3. The molecule has 6 rings (SSSR count). The van der Waals surface area contributed by atoms with E-state index >= 15 is 0 Å². The number of carboxylic acid groups (broad SMARTS) is 1. The van der Waals surface area contributed by atoms with Crippen LogP contribution >= 0.6 is 0 Å². The van der Waals surface area contributed by atoms with Crippen molar-refractivity contribution in [2.24, 2.45) is 44.8 Å². The third-order valence-corrected chi connectivity index (χ3v) is 17.2. The van der Waals surface area contributed by atoms with E-state index < -0.39 is 109 Å². The van der Waals surface area contributed by atoms with Crippen LogP contribution in [0.5, 0.6) is 0 Å². The molecular weight excluding hydrogens is 752 g/mol. The van der Waals surface area contributed by atoms with Crippen molar-refractivity contribution in [3.8, 4) is 0 Å². The first-order valence-corrected chi connectivity index (χ1v) is 21.8. The van der Waals surface area contributed by atoms with Gasteiger partial charge in [0, 0.05) is 0 Å². The van der Waals surface area contributed by atoms with E-state index in [1.54, 1.807) is 0 Å². The third kappa shape index (κ3) is 7.24. The van der Waals surface area contributed by atoms with Crippen LogP contribution in [-0.4, -0.2) is 138 Å². The molecule has 0 bridgehead atoms. The fourth-order valence-corrected chi connectivity index (χ4v) is 12.9. The SMILES string of the molecule is CC(CCC(C)(O)C(C)(C)C)C1CCC2(C(=O)O)C3=C(CCC12C)C1(C)CCC(OC2OC(CO)C(O)C(OC4OC(CO)C(O)C(O)C4O)C2O)C(C)(C)C1CC3. The summed E-state index contributed by atoms with van der Waals surface area (Å²) in [6.07, 6.45) is -8.55. The highest BCUT2D eigenvalue weighted by Gasteiger charge is 2.68. The minimum atomic E-state index is -1.78. The second-order valence-corrected chi connectivity index (χ2v) is 21.3. The number of aliphatic carboxylic acids is 1. The Morgan fingerprint density at radius 3 is 1.97 bits per heavy atom. The molecule has 334 valence electrons. The van der Waals surface area contributed by atoms with Crippen molar-refractivity contribution in [2.75, 3.05) is 13.2 Å². The number of allylic oxidation sites excluding steroid dienone is 1. The molecule has 18 atom stereocenters. The normalized spacial score (nSPS) is 47.1. The largest absolute Gasteiger partial charge is 0.481 e. The van der Waals surface area contributed by atoms with Gasteiger partial charge in [0.25, 0.3) is 0 Å². The van der Waals surface area contributed by atoms with Gasteiger partial charge >= 0.3 is 5.97 Å². The molecule has 14 heteroatoms. The summed E-state index contributed by atoms with van der Waals surface area (Å²) in [6, 6.07) is 0. The Labute approximate surface area is 343 Å². The Morgan fingerprint density at radius 2 is 1.38 bits per heavy atom. The maximum Gasteiger partial charge on any atom is 0.314 e. The van der Waals surface area contributed by atoms with Gasteiger partial charge in [0.05, 0.1) is 30.3 Å². The zero-order chi connectivity index (χ0) is 43.1. The van der Waals surface area contributed by atoms with Crippen LogP contribution in [0.4, 0.5) is 0 Å². The molecule has 0 amide bonds. The number of aliphatic hydroxyl groups is 8. The fourth-order valence-electron chi connectivity index (χ4n) is 12.9. The van der Waals surface area contributed by atoms with Crippen LogP contribution in [0.1, 0.15) is 127 Å². The highest BCUT2D eigenvalue weighted by Crippen LogP contribution is 2.73. The molecule has 2 saturated carbocycles. The van der Waals surface area contributed by atoms with E-state index in [4.69, 9.17) is 18.9 Å². The first-order chi connectivity index (χ1) is 26.8. The lowest BCUT2D eigenvalue weighted by atomic mass is 9.43. The molecule has 2 aliphatic heterocycles. The Balaban J connectivity index is 1.22. The van der Waals surface area contributed by atoms with E-state index in [1.807, 2.05) is 6.92 Å². The minimum Gasteiger partial charge on any atom is -0.481 e. The zero-order valence-electron chi connectivity index (χ0n) is 36.1. The quantitative estimate of drug-likeness (QED) is 0.136. The Morgan fingerprint density at radius 1 is 0.776 bits per heavy atom. The topological polar surface area (TPSA) is 236 Å². The molecule has 14 nitrogen and oxygen atoms in total. The monoisotopic (exact) mass is 827 g/mol.